The number of carbonyl (C=O) groups is 2. The minimum Gasteiger partial charge on any atom is -0.481 e. The number of halogens is 12. The third-order valence-corrected chi connectivity index (χ3v) is 8.82. The molecule has 4 atom stereocenters. The SMILES string of the molecule is CC1(C)[C@H](C(=O)O)[C@@H]1/C=C(/Cl)C(F)(F)F.Cc1c(F)c(F)c(CC2(C(=O)O)C(C=C(Cl)C(F)(F)F)C2(C)C)c(F)c1F. The van der Waals surface area contributed by atoms with Crippen molar-refractivity contribution in [2.24, 2.45) is 34.0 Å². The summed E-state index contributed by atoms with van der Waals surface area (Å²) in [5.74, 6) is -12.5. The molecule has 0 spiro atoms. The molecule has 1 aromatic rings. The Bertz CT molecular complexity index is 1320. The minimum atomic E-state index is -4.94. The second kappa shape index (κ2) is 11.2. The summed E-state index contributed by atoms with van der Waals surface area (Å²) in [5.41, 5.74) is -6.30. The number of carboxylic acids is 2. The molecule has 2 unspecified atom stereocenters. The van der Waals surface area contributed by atoms with Crippen molar-refractivity contribution < 1.29 is 63.7 Å². The fraction of sp³-hybridized carbons (Fsp3) is 0.538. The molecular formula is C26H24Cl2F10O4. The van der Waals surface area contributed by atoms with Gasteiger partial charge in [-0.2, -0.15) is 26.3 Å². The van der Waals surface area contributed by atoms with Crippen LogP contribution in [0.3, 0.4) is 0 Å². The molecule has 0 radical (unpaired) electrons. The van der Waals surface area contributed by atoms with E-state index in [0.717, 1.165) is 13.0 Å². The van der Waals surface area contributed by atoms with E-state index in [4.69, 9.17) is 28.3 Å². The van der Waals surface area contributed by atoms with E-state index in [1.807, 2.05) is 0 Å². The van der Waals surface area contributed by atoms with Gasteiger partial charge in [-0.15, -0.1) is 0 Å². The Morgan fingerprint density at radius 3 is 1.55 bits per heavy atom. The van der Waals surface area contributed by atoms with E-state index in [1.165, 1.54) is 13.8 Å². The summed E-state index contributed by atoms with van der Waals surface area (Å²) in [6.45, 7) is 6.53. The molecule has 42 heavy (non-hydrogen) atoms. The molecule has 2 N–H and O–H groups in total. The highest BCUT2D eigenvalue weighted by atomic mass is 35.5. The highest BCUT2D eigenvalue weighted by Crippen LogP contribution is 2.71. The number of aliphatic carboxylic acids is 2. The molecular weight excluding hydrogens is 637 g/mol. The van der Waals surface area contributed by atoms with Crippen LogP contribution in [0, 0.1) is 64.2 Å². The number of hydrogen-bond donors (Lipinski definition) is 2. The first-order chi connectivity index (χ1) is 18.7. The predicted octanol–water partition coefficient (Wildman–Crippen LogP) is 8.53. The molecule has 3 rings (SSSR count). The van der Waals surface area contributed by atoms with Gasteiger partial charge >= 0.3 is 24.3 Å². The van der Waals surface area contributed by atoms with E-state index in [2.05, 4.69) is 0 Å². The molecule has 2 aliphatic rings. The van der Waals surface area contributed by atoms with Crippen molar-refractivity contribution >= 4 is 35.1 Å². The minimum absolute atomic E-state index is 0.451. The highest BCUT2D eigenvalue weighted by Gasteiger charge is 2.75. The van der Waals surface area contributed by atoms with Crippen LogP contribution in [0.15, 0.2) is 22.2 Å². The summed E-state index contributed by atoms with van der Waals surface area (Å²) < 4.78 is 130. The molecule has 0 amide bonds. The molecule has 0 heterocycles. The van der Waals surface area contributed by atoms with Crippen LogP contribution in [0.2, 0.25) is 0 Å². The Kier molecular flexibility index (Phi) is 9.54. The van der Waals surface area contributed by atoms with Gasteiger partial charge in [-0.25, -0.2) is 17.6 Å². The zero-order valence-corrected chi connectivity index (χ0v) is 23.9. The molecule has 1 aromatic carbocycles. The average Bonchev–Trinajstić information content (AvgIpc) is 3.56. The predicted molar refractivity (Wildman–Crippen MR) is 130 cm³/mol. The maximum absolute atomic E-state index is 14.2. The van der Waals surface area contributed by atoms with Gasteiger partial charge in [0.05, 0.1) is 11.3 Å². The van der Waals surface area contributed by atoms with Gasteiger partial charge in [0.15, 0.2) is 23.3 Å². The number of rotatable bonds is 6. The lowest BCUT2D eigenvalue weighted by Gasteiger charge is -2.18. The lowest BCUT2D eigenvalue weighted by Crippen LogP contribution is -2.26. The molecule has 4 nitrogen and oxygen atoms in total. The van der Waals surface area contributed by atoms with E-state index in [1.54, 1.807) is 13.8 Å². The summed E-state index contributed by atoms with van der Waals surface area (Å²) in [6, 6.07) is 0. The maximum Gasteiger partial charge on any atom is 0.426 e. The van der Waals surface area contributed by atoms with Crippen LogP contribution < -0.4 is 0 Å². The standard InChI is InChI=1S/C17H14ClF7O2.C9H10ClF3O2/c1-6-10(19)12(21)7(13(22)11(6)20)5-16(14(26)27)8(15(16,2)3)4-9(18)17(23,24)25;1-8(2)4(6(8)7(14)15)3-5(10)9(11,12)13/h4,8H,5H2,1-3H3,(H,26,27);3-4,6H,1-2H3,(H,14,15)/b;5-3+/t;4-,6-/m.0/s1. The Labute approximate surface area is 243 Å². The van der Waals surface area contributed by atoms with Crippen LogP contribution in [-0.4, -0.2) is 34.5 Å². The van der Waals surface area contributed by atoms with Crippen molar-refractivity contribution in [2.75, 3.05) is 0 Å². The van der Waals surface area contributed by atoms with Gasteiger partial charge < -0.3 is 10.2 Å². The van der Waals surface area contributed by atoms with Gasteiger partial charge in [0.25, 0.3) is 0 Å². The summed E-state index contributed by atoms with van der Waals surface area (Å²) in [7, 11) is 0. The van der Waals surface area contributed by atoms with Crippen LogP contribution in [-0.2, 0) is 16.0 Å². The number of carboxylic acid groups (broad SMARTS) is 2. The third kappa shape index (κ3) is 6.24. The zero-order chi connectivity index (χ0) is 33.1. The van der Waals surface area contributed by atoms with Crippen LogP contribution >= 0.6 is 23.2 Å². The van der Waals surface area contributed by atoms with Crippen LogP contribution in [0.25, 0.3) is 0 Å². The maximum atomic E-state index is 14.2. The van der Waals surface area contributed by atoms with E-state index in [0.29, 0.717) is 6.08 Å². The van der Waals surface area contributed by atoms with Crippen molar-refractivity contribution in [3.8, 4) is 0 Å². The van der Waals surface area contributed by atoms with Gasteiger partial charge in [-0.3, -0.25) is 9.59 Å². The lowest BCUT2D eigenvalue weighted by atomic mass is 9.87. The normalized spacial score (nSPS) is 26.7. The van der Waals surface area contributed by atoms with Crippen molar-refractivity contribution in [1.29, 1.82) is 0 Å². The quantitative estimate of drug-likeness (QED) is 0.237. The van der Waals surface area contributed by atoms with Crippen LogP contribution in [0.5, 0.6) is 0 Å². The van der Waals surface area contributed by atoms with Crippen molar-refractivity contribution in [1.82, 2.24) is 0 Å². The fourth-order valence-corrected chi connectivity index (χ4v) is 5.50. The van der Waals surface area contributed by atoms with Crippen LogP contribution in [0.4, 0.5) is 43.9 Å². The van der Waals surface area contributed by atoms with E-state index >= 15 is 0 Å². The van der Waals surface area contributed by atoms with Gasteiger partial charge in [0.2, 0.25) is 0 Å². The van der Waals surface area contributed by atoms with Gasteiger partial charge in [-0.1, -0.05) is 63.0 Å². The van der Waals surface area contributed by atoms with Gasteiger partial charge in [-0.05, 0) is 30.1 Å². The Balaban J connectivity index is 0.000000347. The van der Waals surface area contributed by atoms with Crippen molar-refractivity contribution in [2.45, 2.75) is 53.4 Å². The average molecular weight is 661 g/mol. The largest absolute Gasteiger partial charge is 0.481 e. The molecule has 0 aromatic heterocycles. The first-order valence-electron chi connectivity index (χ1n) is 11.9. The Hall–Kier alpha value is -2.48. The first-order valence-corrected chi connectivity index (χ1v) is 12.6. The second-order valence-corrected chi connectivity index (χ2v) is 12.0. The first kappa shape index (κ1) is 35.7. The van der Waals surface area contributed by atoms with Crippen molar-refractivity contribution in [3.05, 3.63) is 56.6 Å². The van der Waals surface area contributed by atoms with Crippen molar-refractivity contribution in [3.63, 3.8) is 0 Å². The van der Waals surface area contributed by atoms with Crippen LogP contribution in [0.1, 0.15) is 38.8 Å². The zero-order valence-electron chi connectivity index (χ0n) is 22.3. The summed E-state index contributed by atoms with van der Waals surface area (Å²) >= 11 is 10.2. The molecule has 0 saturated heterocycles. The summed E-state index contributed by atoms with van der Waals surface area (Å²) in [4.78, 5) is 22.5. The summed E-state index contributed by atoms with van der Waals surface area (Å²) in [6.07, 6.45) is -9.34. The third-order valence-electron chi connectivity index (χ3n) is 8.14. The molecule has 0 bridgehead atoms. The monoisotopic (exact) mass is 660 g/mol. The number of alkyl halides is 6. The molecule has 2 aliphatic carbocycles. The summed E-state index contributed by atoms with van der Waals surface area (Å²) in [5, 5.41) is 15.5. The second-order valence-electron chi connectivity index (χ2n) is 11.2. The Morgan fingerprint density at radius 2 is 1.21 bits per heavy atom. The fourth-order valence-electron chi connectivity index (χ4n) is 5.24. The van der Waals surface area contributed by atoms with E-state index < -0.39 is 109 Å². The highest BCUT2D eigenvalue weighted by molar-refractivity contribution is 6.30. The molecule has 0 aliphatic heterocycles. The number of allylic oxidation sites excluding steroid dienone is 4. The van der Waals surface area contributed by atoms with E-state index in [9.17, 15) is 58.6 Å². The Morgan fingerprint density at radius 1 is 0.810 bits per heavy atom. The van der Waals surface area contributed by atoms with E-state index in [-0.39, 0.29) is 0 Å². The smallest absolute Gasteiger partial charge is 0.426 e. The molecule has 16 heteroatoms. The lowest BCUT2D eigenvalue weighted by molar-refractivity contribution is -0.145. The topological polar surface area (TPSA) is 74.6 Å². The molecule has 236 valence electrons. The van der Waals surface area contributed by atoms with Gasteiger partial charge in [0.1, 0.15) is 10.1 Å². The molecule has 2 fully saturated rings. The number of hydrogen-bond acceptors (Lipinski definition) is 2. The van der Waals surface area contributed by atoms with Gasteiger partial charge in [0, 0.05) is 17.0 Å². The number of benzene rings is 1. The molecule has 2 saturated carbocycles.